The van der Waals surface area contributed by atoms with E-state index >= 15 is 0 Å². The molecule has 2 heteroatoms. The number of rotatable bonds is 0. The van der Waals surface area contributed by atoms with Crippen molar-refractivity contribution >= 4 is 12.6 Å². The van der Waals surface area contributed by atoms with Gasteiger partial charge in [0.25, 0.3) is 0 Å². The predicted molar refractivity (Wildman–Crippen MR) is 26.9 cm³/mol. The summed E-state index contributed by atoms with van der Waals surface area (Å²) in [6.45, 7) is 1.84. The average molecular weight is 89.2 g/mol. The molecule has 0 unspecified atom stereocenters. The Morgan fingerprint density at radius 1 is 2.00 bits per heavy atom. The number of hydrogen-bond donors (Lipinski definition) is 2. The Balaban J connectivity index is 3.14. The normalized spacial score (nSPS) is 12.0. The maximum Gasteiger partial charge on any atom is 0.0580 e. The van der Waals surface area contributed by atoms with Gasteiger partial charge in [-0.15, -0.1) is 12.6 Å². The highest BCUT2D eigenvalue weighted by Gasteiger charge is 1.61. The topological polar surface area (TPSA) is 26.0 Å². The van der Waals surface area contributed by atoms with Gasteiger partial charge in [-0.25, -0.2) is 0 Å². The van der Waals surface area contributed by atoms with Crippen molar-refractivity contribution in [3.05, 3.63) is 11.1 Å². The molecule has 0 fully saturated rings. The Labute approximate surface area is 37.3 Å². The maximum absolute atomic E-state index is 5.02. The standard InChI is InChI=1S/C3H7NS/c1-2-3(4)5/h2,5H,4H2,1H3. The summed E-state index contributed by atoms with van der Waals surface area (Å²) in [4.78, 5) is 0. The molecule has 0 atom stereocenters. The zero-order valence-corrected chi connectivity index (χ0v) is 4.00. The molecule has 0 aromatic heterocycles. The SMILES string of the molecule is CC=C(N)S. The Morgan fingerprint density at radius 3 is 2.20 bits per heavy atom. The summed E-state index contributed by atoms with van der Waals surface area (Å²) in [6.07, 6.45) is 1.73. The molecule has 0 heterocycles. The third-order valence-corrected chi connectivity index (χ3v) is 0.554. The van der Waals surface area contributed by atoms with Crippen molar-refractivity contribution in [3.63, 3.8) is 0 Å². The molecule has 0 rings (SSSR count). The van der Waals surface area contributed by atoms with Crippen molar-refractivity contribution in [1.29, 1.82) is 0 Å². The van der Waals surface area contributed by atoms with Gasteiger partial charge in [0.05, 0.1) is 5.03 Å². The van der Waals surface area contributed by atoms with Gasteiger partial charge in [0.15, 0.2) is 0 Å². The largest absolute Gasteiger partial charge is 0.394 e. The van der Waals surface area contributed by atoms with Crippen LogP contribution in [0.15, 0.2) is 11.1 Å². The first kappa shape index (κ1) is 4.89. The molecule has 0 aliphatic heterocycles. The van der Waals surface area contributed by atoms with E-state index in [2.05, 4.69) is 12.6 Å². The molecule has 2 N–H and O–H groups in total. The quantitative estimate of drug-likeness (QED) is 0.420. The van der Waals surface area contributed by atoms with Crippen LogP contribution in [0.4, 0.5) is 0 Å². The zero-order valence-electron chi connectivity index (χ0n) is 3.10. The zero-order chi connectivity index (χ0) is 4.28. The van der Waals surface area contributed by atoms with Gasteiger partial charge in [0, 0.05) is 0 Å². The summed E-state index contributed by atoms with van der Waals surface area (Å²) in [5.41, 5.74) is 5.02. The van der Waals surface area contributed by atoms with Crippen molar-refractivity contribution < 1.29 is 0 Å². The van der Waals surface area contributed by atoms with Crippen LogP contribution < -0.4 is 5.73 Å². The van der Waals surface area contributed by atoms with Gasteiger partial charge in [-0.05, 0) is 6.92 Å². The molecule has 0 aromatic carbocycles. The fourth-order valence-electron chi connectivity index (χ4n) is 0. The van der Waals surface area contributed by atoms with Crippen molar-refractivity contribution in [1.82, 2.24) is 0 Å². The van der Waals surface area contributed by atoms with Crippen molar-refractivity contribution in [2.45, 2.75) is 6.92 Å². The van der Waals surface area contributed by atoms with Crippen LogP contribution in [0.5, 0.6) is 0 Å². The van der Waals surface area contributed by atoms with E-state index in [1.165, 1.54) is 0 Å². The summed E-state index contributed by atoms with van der Waals surface area (Å²) in [5, 5.41) is 0.574. The lowest BCUT2D eigenvalue weighted by molar-refractivity contribution is 1.51. The van der Waals surface area contributed by atoms with E-state index in [0.717, 1.165) is 0 Å². The molecule has 0 amide bonds. The molecule has 0 saturated heterocycles. The molecule has 0 aliphatic carbocycles. The molecule has 1 nitrogen and oxygen atoms in total. The van der Waals surface area contributed by atoms with Gasteiger partial charge in [0.1, 0.15) is 0 Å². The second-order valence-corrected chi connectivity index (χ2v) is 1.23. The van der Waals surface area contributed by atoms with Crippen LogP contribution in [0.25, 0.3) is 0 Å². The van der Waals surface area contributed by atoms with E-state index in [9.17, 15) is 0 Å². The van der Waals surface area contributed by atoms with Crippen LogP contribution in [0.1, 0.15) is 6.92 Å². The maximum atomic E-state index is 5.02. The average Bonchev–Trinajstić information content (AvgIpc) is 1.38. The highest BCUT2D eigenvalue weighted by atomic mass is 32.1. The molecule has 0 aliphatic rings. The Bertz CT molecular complexity index is 44.9. The summed E-state index contributed by atoms with van der Waals surface area (Å²) < 4.78 is 0. The van der Waals surface area contributed by atoms with Gasteiger partial charge < -0.3 is 5.73 Å². The van der Waals surface area contributed by atoms with Crippen molar-refractivity contribution in [3.8, 4) is 0 Å². The van der Waals surface area contributed by atoms with E-state index in [1.54, 1.807) is 6.08 Å². The van der Waals surface area contributed by atoms with E-state index in [-0.39, 0.29) is 0 Å². The van der Waals surface area contributed by atoms with E-state index in [0.29, 0.717) is 5.03 Å². The molecular formula is C3H7NS. The minimum absolute atomic E-state index is 0.574. The Morgan fingerprint density at radius 2 is 2.20 bits per heavy atom. The number of allylic oxidation sites excluding steroid dienone is 1. The van der Waals surface area contributed by atoms with Gasteiger partial charge >= 0.3 is 0 Å². The third-order valence-electron chi connectivity index (χ3n) is 0.296. The molecule has 0 spiro atoms. The smallest absolute Gasteiger partial charge is 0.0580 e. The molecule has 0 saturated carbocycles. The van der Waals surface area contributed by atoms with Crippen LogP contribution in [0, 0.1) is 0 Å². The first-order valence-corrected chi connectivity index (χ1v) is 1.83. The van der Waals surface area contributed by atoms with Crippen LogP contribution >= 0.6 is 12.6 Å². The lowest BCUT2D eigenvalue weighted by Gasteiger charge is -1.75. The Hall–Kier alpha value is -0.110. The summed E-state index contributed by atoms with van der Waals surface area (Å²) in [5.74, 6) is 0. The molecular weight excluding hydrogens is 82.1 g/mol. The summed E-state index contributed by atoms with van der Waals surface area (Å²) in [7, 11) is 0. The van der Waals surface area contributed by atoms with Crippen LogP contribution in [-0.4, -0.2) is 0 Å². The van der Waals surface area contributed by atoms with Gasteiger partial charge in [-0.3, -0.25) is 0 Å². The van der Waals surface area contributed by atoms with Crippen LogP contribution in [0.3, 0.4) is 0 Å². The summed E-state index contributed by atoms with van der Waals surface area (Å²) >= 11 is 3.74. The highest BCUT2D eigenvalue weighted by molar-refractivity contribution is 7.84. The molecule has 0 bridgehead atoms. The first-order valence-electron chi connectivity index (χ1n) is 1.38. The second-order valence-electron chi connectivity index (χ2n) is 0.714. The molecule has 0 radical (unpaired) electrons. The van der Waals surface area contributed by atoms with Crippen LogP contribution in [0.2, 0.25) is 0 Å². The van der Waals surface area contributed by atoms with Gasteiger partial charge in [0.2, 0.25) is 0 Å². The minimum Gasteiger partial charge on any atom is -0.394 e. The molecule has 0 aromatic rings. The summed E-state index contributed by atoms with van der Waals surface area (Å²) in [6, 6.07) is 0. The highest BCUT2D eigenvalue weighted by Crippen LogP contribution is 1.83. The lowest BCUT2D eigenvalue weighted by Crippen LogP contribution is -1.83. The van der Waals surface area contributed by atoms with Gasteiger partial charge in [-0.1, -0.05) is 6.08 Å². The minimum atomic E-state index is 0.574. The first-order chi connectivity index (χ1) is 2.27. The second kappa shape index (κ2) is 2.15. The fourth-order valence-corrected chi connectivity index (χ4v) is 0. The molecule has 30 valence electrons. The van der Waals surface area contributed by atoms with Crippen molar-refractivity contribution in [2.24, 2.45) is 5.73 Å². The number of thiol groups is 1. The predicted octanol–water partition coefficient (Wildman–Crippen LogP) is 0.736. The van der Waals surface area contributed by atoms with E-state index in [4.69, 9.17) is 5.73 Å². The third kappa shape index (κ3) is 3.89. The van der Waals surface area contributed by atoms with E-state index in [1.807, 2.05) is 6.92 Å². The van der Waals surface area contributed by atoms with Crippen LogP contribution in [-0.2, 0) is 0 Å². The molecule has 5 heavy (non-hydrogen) atoms. The fraction of sp³-hybridized carbons (Fsp3) is 0.333. The number of hydrogen-bond acceptors (Lipinski definition) is 2. The Kier molecular flexibility index (Phi) is 2.10. The van der Waals surface area contributed by atoms with Crippen molar-refractivity contribution in [2.75, 3.05) is 0 Å². The monoisotopic (exact) mass is 89.0 g/mol. The lowest BCUT2D eigenvalue weighted by atomic mass is 10.7. The number of nitrogens with two attached hydrogens (primary N) is 1. The van der Waals surface area contributed by atoms with Gasteiger partial charge in [-0.2, -0.15) is 0 Å². The van der Waals surface area contributed by atoms with E-state index < -0.39 is 0 Å².